The second kappa shape index (κ2) is 5.16. The molecule has 1 aromatic rings. The Morgan fingerprint density at radius 1 is 1.56 bits per heavy atom. The average molecular weight is 296 g/mol. The third-order valence-corrected chi connectivity index (χ3v) is 4.46. The molecule has 6 nitrogen and oxygen atoms in total. The van der Waals surface area contributed by atoms with E-state index in [0.29, 0.717) is 0 Å². The Morgan fingerprint density at radius 2 is 2.11 bits per heavy atom. The molecule has 8 heteroatoms. The molecule has 0 saturated heterocycles. The molecule has 18 heavy (non-hydrogen) atoms. The minimum absolute atomic E-state index is 0.0000265. The molecule has 0 aromatic carbocycles. The maximum absolute atomic E-state index is 12.3. The van der Waals surface area contributed by atoms with Gasteiger partial charge in [0.15, 0.2) is 5.03 Å². The van der Waals surface area contributed by atoms with Crippen molar-refractivity contribution in [2.75, 3.05) is 13.1 Å². The summed E-state index contributed by atoms with van der Waals surface area (Å²) in [6.07, 6.45) is 1.35. The van der Waals surface area contributed by atoms with Crippen LogP contribution in [0.2, 0.25) is 5.28 Å². The van der Waals surface area contributed by atoms with Crippen LogP contribution in [0.15, 0.2) is 11.2 Å². The van der Waals surface area contributed by atoms with Crippen molar-refractivity contribution in [3.05, 3.63) is 11.5 Å². The number of rotatable bonds is 5. The van der Waals surface area contributed by atoms with Gasteiger partial charge in [-0.15, -0.1) is 0 Å². The molecule has 0 aliphatic rings. The Kier molecular flexibility index (Phi) is 4.42. The number of hydrogen-bond donors (Lipinski definition) is 1. The highest BCUT2D eigenvalue weighted by Crippen LogP contribution is 2.19. The predicted molar refractivity (Wildman–Crippen MR) is 68.9 cm³/mol. The van der Waals surface area contributed by atoms with E-state index in [1.54, 1.807) is 27.8 Å². The van der Waals surface area contributed by atoms with Crippen molar-refractivity contribution in [2.45, 2.75) is 31.4 Å². The van der Waals surface area contributed by atoms with Gasteiger partial charge in [0.1, 0.15) is 0 Å². The summed E-state index contributed by atoms with van der Waals surface area (Å²) in [6.45, 7) is 5.06. The van der Waals surface area contributed by atoms with Gasteiger partial charge in [0, 0.05) is 26.3 Å². The monoisotopic (exact) mass is 295 g/mol. The molecule has 0 radical (unpaired) electrons. The molecule has 0 atom stereocenters. The topological polar surface area (TPSA) is 75.4 Å². The summed E-state index contributed by atoms with van der Waals surface area (Å²) < 4.78 is 27.2. The zero-order valence-electron chi connectivity index (χ0n) is 10.9. The van der Waals surface area contributed by atoms with Crippen molar-refractivity contribution in [3.63, 3.8) is 0 Å². The number of likely N-dealkylation sites (N-methyl/N-ethyl adjacent to an activating group) is 1. The molecule has 0 saturated carbocycles. The first-order chi connectivity index (χ1) is 8.08. The van der Waals surface area contributed by atoms with Gasteiger partial charge >= 0.3 is 0 Å². The largest absolute Gasteiger partial charge is 0.389 e. The molecule has 0 amide bonds. The molecule has 0 bridgehead atoms. The second-order valence-corrected chi connectivity index (χ2v) is 6.93. The maximum Gasteiger partial charge on any atom is 0.262 e. The summed E-state index contributed by atoms with van der Waals surface area (Å²) in [6, 6.07) is 0. The predicted octanol–water partition coefficient (Wildman–Crippen LogP) is 0.855. The Balaban J connectivity index is 3.11. The highest BCUT2D eigenvalue weighted by Gasteiger charge is 2.30. The highest BCUT2D eigenvalue weighted by atomic mass is 35.5. The van der Waals surface area contributed by atoms with Crippen molar-refractivity contribution in [1.82, 2.24) is 13.9 Å². The standard InChI is InChI=1S/C10H18ClN3O3S/c1-5-14(7-10(2,3)15)18(16,17)8-6-13(4)9(11)12-8/h6,15H,5,7H2,1-4H3. The molecule has 0 fully saturated rings. The summed E-state index contributed by atoms with van der Waals surface area (Å²) in [5.41, 5.74) is -1.11. The quantitative estimate of drug-likeness (QED) is 0.874. The fraction of sp³-hybridized carbons (Fsp3) is 0.700. The lowest BCUT2D eigenvalue weighted by Crippen LogP contribution is -2.42. The number of nitrogens with zero attached hydrogens (tertiary/aromatic N) is 3. The number of aliphatic hydroxyl groups is 1. The van der Waals surface area contributed by atoms with Crippen molar-refractivity contribution >= 4 is 21.6 Å². The summed E-state index contributed by atoms with van der Waals surface area (Å²) in [5.74, 6) is 0. The van der Waals surface area contributed by atoms with Gasteiger partial charge in [0.05, 0.1) is 5.60 Å². The number of halogens is 1. The summed E-state index contributed by atoms with van der Waals surface area (Å²) in [4.78, 5) is 3.80. The van der Waals surface area contributed by atoms with Crippen molar-refractivity contribution in [3.8, 4) is 0 Å². The van der Waals surface area contributed by atoms with E-state index in [1.165, 1.54) is 15.1 Å². The fourth-order valence-electron chi connectivity index (χ4n) is 1.47. The number of sulfonamides is 1. The lowest BCUT2D eigenvalue weighted by Gasteiger charge is -2.26. The van der Waals surface area contributed by atoms with Gasteiger partial charge in [-0.3, -0.25) is 0 Å². The maximum atomic E-state index is 12.3. The summed E-state index contributed by atoms with van der Waals surface area (Å²) in [5, 5.41) is 9.73. The van der Waals surface area contributed by atoms with Crippen LogP contribution in [-0.4, -0.2) is 46.1 Å². The Hall–Kier alpha value is -0.630. The van der Waals surface area contributed by atoms with Crippen LogP contribution in [-0.2, 0) is 17.1 Å². The normalized spacial score (nSPS) is 13.3. The SMILES string of the molecule is CCN(CC(C)(C)O)S(=O)(=O)c1cn(C)c(Cl)n1. The molecule has 0 spiro atoms. The van der Waals surface area contributed by atoms with Crippen LogP contribution in [0.25, 0.3) is 0 Å². The molecule has 0 unspecified atom stereocenters. The first-order valence-electron chi connectivity index (χ1n) is 5.49. The van der Waals surface area contributed by atoms with Gasteiger partial charge in [-0.2, -0.15) is 4.31 Å². The summed E-state index contributed by atoms with van der Waals surface area (Å²) in [7, 11) is -2.12. The van der Waals surface area contributed by atoms with E-state index >= 15 is 0 Å². The fourth-order valence-corrected chi connectivity index (χ4v) is 3.25. The molecule has 1 heterocycles. The van der Waals surface area contributed by atoms with E-state index in [2.05, 4.69) is 4.98 Å². The van der Waals surface area contributed by atoms with E-state index in [0.717, 1.165) is 0 Å². The first-order valence-corrected chi connectivity index (χ1v) is 7.31. The molecule has 1 N–H and O–H groups in total. The van der Waals surface area contributed by atoms with E-state index in [9.17, 15) is 13.5 Å². The van der Waals surface area contributed by atoms with Gasteiger partial charge in [-0.1, -0.05) is 6.92 Å². The van der Waals surface area contributed by atoms with Crippen molar-refractivity contribution in [2.24, 2.45) is 7.05 Å². The molecule has 0 aliphatic carbocycles. The highest BCUT2D eigenvalue weighted by molar-refractivity contribution is 7.89. The molecule has 0 aliphatic heterocycles. The third-order valence-electron chi connectivity index (χ3n) is 2.32. The van der Waals surface area contributed by atoms with Gasteiger partial charge in [-0.05, 0) is 25.4 Å². The Morgan fingerprint density at radius 3 is 2.44 bits per heavy atom. The van der Waals surface area contributed by atoms with Crippen LogP contribution in [0, 0.1) is 0 Å². The van der Waals surface area contributed by atoms with Crippen LogP contribution >= 0.6 is 11.6 Å². The smallest absolute Gasteiger partial charge is 0.262 e. The van der Waals surface area contributed by atoms with E-state index in [-0.39, 0.29) is 23.4 Å². The van der Waals surface area contributed by atoms with Crippen LogP contribution in [0.5, 0.6) is 0 Å². The van der Waals surface area contributed by atoms with E-state index in [4.69, 9.17) is 11.6 Å². The number of aromatic nitrogens is 2. The molecule has 1 rings (SSSR count). The Bertz CT molecular complexity index is 499. The lowest BCUT2D eigenvalue weighted by molar-refractivity contribution is 0.0601. The molecular formula is C10H18ClN3O3S. The zero-order chi connectivity index (χ0) is 14.1. The second-order valence-electron chi connectivity index (χ2n) is 4.70. The minimum Gasteiger partial charge on any atom is -0.389 e. The van der Waals surface area contributed by atoms with E-state index < -0.39 is 15.6 Å². The van der Waals surface area contributed by atoms with Crippen molar-refractivity contribution in [1.29, 1.82) is 0 Å². The molecular weight excluding hydrogens is 278 g/mol. The van der Waals surface area contributed by atoms with Crippen molar-refractivity contribution < 1.29 is 13.5 Å². The minimum atomic E-state index is -3.73. The van der Waals surface area contributed by atoms with Gasteiger partial charge in [0.2, 0.25) is 5.28 Å². The van der Waals surface area contributed by atoms with Crippen LogP contribution in [0.3, 0.4) is 0 Å². The van der Waals surface area contributed by atoms with Crippen LogP contribution < -0.4 is 0 Å². The zero-order valence-corrected chi connectivity index (χ0v) is 12.5. The average Bonchev–Trinajstić information content (AvgIpc) is 2.55. The van der Waals surface area contributed by atoms with Gasteiger partial charge < -0.3 is 9.67 Å². The van der Waals surface area contributed by atoms with Gasteiger partial charge in [0.25, 0.3) is 10.0 Å². The molecule has 104 valence electrons. The van der Waals surface area contributed by atoms with E-state index in [1.807, 2.05) is 0 Å². The van der Waals surface area contributed by atoms with Crippen LogP contribution in [0.4, 0.5) is 0 Å². The third kappa shape index (κ3) is 3.44. The van der Waals surface area contributed by atoms with Crippen LogP contribution in [0.1, 0.15) is 20.8 Å². The Labute approximate surface area is 112 Å². The number of aryl methyl sites for hydroxylation is 1. The summed E-state index contributed by atoms with van der Waals surface area (Å²) >= 11 is 5.74. The molecule has 1 aromatic heterocycles. The number of imidazole rings is 1. The van der Waals surface area contributed by atoms with Gasteiger partial charge in [-0.25, -0.2) is 13.4 Å². The number of hydrogen-bond acceptors (Lipinski definition) is 4. The lowest BCUT2D eigenvalue weighted by atomic mass is 10.1. The first kappa shape index (κ1) is 15.4.